The fourth-order valence-corrected chi connectivity index (χ4v) is 1.38. The van der Waals surface area contributed by atoms with Gasteiger partial charge in [0.15, 0.2) is 0 Å². The number of aromatic nitrogens is 1. The number of benzene rings is 1. The summed E-state index contributed by atoms with van der Waals surface area (Å²) >= 11 is 0. The van der Waals surface area contributed by atoms with Gasteiger partial charge in [-0.1, -0.05) is 30.3 Å². The van der Waals surface area contributed by atoms with Crippen LogP contribution in [0.2, 0.25) is 0 Å². The number of hydrogen-bond donors (Lipinski definition) is 1. The van der Waals surface area contributed by atoms with Crippen LogP contribution in [0.5, 0.6) is 0 Å². The van der Waals surface area contributed by atoms with Crippen molar-refractivity contribution in [3.63, 3.8) is 0 Å². The Morgan fingerprint density at radius 3 is 2.75 bits per heavy atom. The van der Waals surface area contributed by atoms with Crippen molar-refractivity contribution in [3.05, 3.63) is 60.4 Å². The second kappa shape index (κ2) is 5.07. The minimum Gasteiger partial charge on any atom is -0.324 e. The van der Waals surface area contributed by atoms with Gasteiger partial charge < -0.3 is 5.32 Å². The molecule has 1 heterocycles. The third-order valence-corrected chi connectivity index (χ3v) is 2.11. The van der Waals surface area contributed by atoms with Crippen LogP contribution in [-0.2, 0) is 11.2 Å². The van der Waals surface area contributed by atoms with E-state index >= 15 is 0 Å². The summed E-state index contributed by atoms with van der Waals surface area (Å²) in [6.45, 7) is 0. The predicted molar refractivity (Wildman–Crippen MR) is 61.8 cm³/mol. The fraction of sp³-hybridized carbons (Fsp3) is 0.0769. The molecule has 0 fully saturated rings. The maximum atomic E-state index is 11.6. The van der Waals surface area contributed by atoms with Gasteiger partial charge in [0.05, 0.1) is 24.5 Å². The zero-order valence-corrected chi connectivity index (χ0v) is 8.68. The molecule has 0 aliphatic heterocycles. The van der Waals surface area contributed by atoms with E-state index in [1.807, 2.05) is 30.3 Å². The third kappa shape index (κ3) is 2.92. The minimum atomic E-state index is -0.0424. The van der Waals surface area contributed by atoms with Crippen molar-refractivity contribution < 1.29 is 4.79 Å². The molecule has 3 heteroatoms. The Kier molecular flexibility index (Phi) is 3.28. The lowest BCUT2D eigenvalue weighted by molar-refractivity contribution is -0.115. The molecule has 1 aromatic heterocycles. The molecule has 16 heavy (non-hydrogen) atoms. The first-order valence-electron chi connectivity index (χ1n) is 5.00. The van der Waals surface area contributed by atoms with Crippen molar-refractivity contribution in [1.29, 1.82) is 0 Å². The van der Waals surface area contributed by atoms with Gasteiger partial charge in [-0.05, 0) is 17.7 Å². The van der Waals surface area contributed by atoms with E-state index in [9.17, 15) is 4.79 Å². The van der Waals surface area contributed by atoms with E-state index in [2.05, 4.69) is 16.5 Å². The molecule has 79 valence electrons. The van der Waals surface area contributed by atoms with E-state index in [1.165, 1.54) is 0 Å². The predicted octanol–water partition coefficient (Wildman–Crippen LogP) is 2.06. The molecule has 1 N–H and O–H groups in total. The Balaban J connectivity index is 1.95. The van der Waals surface area contributed by atoms with E-state index in [4.69, 9.17) is 0 Å². The number of amides is 1. The van der Waals surface area contributed by atoms with Gasteiger partial charge in [0.2, 0.25) is 5.91 Å². The normalized spacial score (nSPS) is 9.75. The van der Waals surface area contributed by atoms with Gasteiger partial charge in [-0.3, -0.25) is 9.78 Å². The monoisotopic (exact) mass is 211 g/mol. The van der Waals surface area contributed by atoms with Crippen molar-refractivity contribution >= 4 is 11.6 Å². The van der Waals surface area contributed by atoms with Gasteiger partial charge in [0.25, 0.3) is 0 Å². The van der Waals surface area contributed by atoms with Gasteiger partial charge in [0, 0.05) is 0 Å². The summed E-state index contributed by atoms with van der Waals surface area (Å²) in [5, 5.41) is 2.77. The minimum absolute atomic E-state index is 0.0424. The molecule has 0 unspecified atom stereocenters. The molecule has 0 aliphatic rings. The molecule has 3 nitrogen and oxygen atoms in total. The smallest absolute Gasteiger partial charge is 0.228 e. The van der Waals surface area contributed by atoms with E-state index in [-0.39, 0.29) is 5.91 Å². The molecular formula is C13H11N2O. The molecule has 0 bridgehead atoms. The fourth-order valence-electron chi connectivity index (χ4n) is 1.38. The van der Waals surface area contributed by atoms with Crippen LogP contribution in [0.15, 0.2) is 48.7 Å². The number of rotatable bonds is 3. The molecule has 0 saturated carbocycles. The topological polar surface area (TPSA) is 42.0 Å². The van der Waals surface area contributed by atoms with Gasteiger partial charge in [0.1, 0.15) is 0 Å². The largest absolute Gasteiger partial charge is 0.324 e. The maximum absolute atomic E-state index is 11.6. The van der Waals surface area contributed by atoms with Crippen LogP contribution in [0.3, 0.4) is 0 Å². The van der Waals surface area contributed by atoms with E-state index < -0.39 is 0 Å². The number of pyridine rings is 1. The highest BCUT2D eigenvalue weighted by Crippen LogP contribution is 2.05. The van der Waals surface area contributed by atoms with Crippen LogP contribution in [0.4, 0.5) is 5.69 Å². The quantitative estimate of drug-likeness (QED) is 0.844. The van der Waals surface area contributed by atoms with E-state index in [0.29, 0.717) is 12.1 Å². The summed E-state index contributed by atoms with van der Waals surface area (Å²) in [5.74, 6) is -0.0424. The Hall–Kier alpha value is -2.16. The number of hydrogen-bond acceptors (Lipinski definition) is 2. The van der Waals surface area contributed by atoms with Crippen LogP contribution in [0.1, 0.15) is 5.56 Å². The van der Waals surface area contributed by atoms with Gasteiger partial charge in [-0.25, -0.2) is 0 Å². The van der Waals surface area contributed by atoms with Crippen molar-refractivity contribution in [2.45, 2.75) is 6.42 Å². The number of carbonyl (C=O) groups excluding carboxylic acids is 1. The average molecular weight is 211 g/mol. The summed E-state index contributed by atoms with van der Waals surface area (Å²) in [5.41, 5.74) is 1.69. The van der Waals surface area contributed by atoms with E-state index in [0.717, 1.165) is 5.56 Å². The van der Waals surface area contributed by atoms with Crippen LogP contribution in [0, 0.1) is 6.20 Å². The van der Waals surface area contributed by atoms with Crippen LogP contribution in [0.25, 0.3) is 0 Å². The zero-order chi connectivity index (χ0) is 11.2. The third-order valence-electron chi connectivity index (χ3n) is 2.11. The molecule has 1 amide bonds. The lowest BCUT2D eigenvalue weighted by Gasteiger charge is -2.03. The molecule has 2 aromatic rings. The second-order valence-corrected chi connectivity index (χ2v) is 3.39. The zero-order valence-electron chi connectivity index (χ0n) is 8.68. The molecule has 1 radical (unpaired) electrons. The number of carbonyl (C=O) groups is 1. The lowest BCUT2D eigenvalue weighted by Crippen LogP contribution is -2.14. The highest BCUT2D eigenvalue weighted by molar-refractivity contribution is 5.92. The Bertz CT molecular complexity index is 410. The number of anilines is 1. The Morgan fingerprint density at radius 2 is 2.06 bits per heavy atom. The molecule has 2 rings (SSSR count). The van der Waals surface area contributed by atoms with Gasteiger partial charge in [-0.15, -0.1) is 0 Å². The molecular weight excluding hydrogens is 200 g/mol. The maximum Gasteiger partial charge on any atom is 0.228 e. The summed E-state index contributed by atoms with van der Waals surface area (Å²) < 4.78 is 0. The lowest BCUT2D eigenvalue weighted by atomic mass is 10.1. The first kappa shape index (κ1) is 10.4. The Labute approximate surface area is 94.1 Å². The van der Waals surface area contributed by atoms with E-state index in [1.54, 1.807) is 18.3 Å². The standard InChI is InChI=1S/C13H11N2O/c16-13(9-11-5-2-1-3-6-11)15-12-7-4-8-14-10-12/h1-7,10H,9H2,(H,15,16). The second-order valence-electron chi connectivity index (χ2n) is 3.39. The average Bonchev–Trinajstić information content (AvgIpc) is 2.31. The van der Waals surface area contributed by atoms with Crippen LogP contribution >= 0.6 is 0 Å². The van der Waals surface area contributed by atoms with Gasteiger partial charge in [-0.2, -0.15) is 0 Å². The van der Waals surface area contributed by atoms with Gasteiger partial charge >= 0.3 is 0 Å². The first-order chi connectivity index (χ1) is 7.84. The molecule has 0 saturated heterocycles. The van der Waals surface area contributed by atoms with Crippen molar-refractivity contribution in [1.82, 2.24) is 4.98 Å². The van der Waals surface area contributed by atoms with Crippen molar-refractivity contribution in [2.24, 2.45) is 0 Å². The molecule has 0 aliphatic carbocycles. The van der Waals surface area contributed by atoms with Crippen LogP contribution in [-0.4, -0.2) is 10.9 Å². The van der Waals surface area contributed by atoms with Crippen molar-refractivity contribution in [3.8, 4) is 0 Å². The van der Waals surface area contributed by atoms with Crippen molar-refractivity contribution in [2.75, 3.05) is 5.32 Å². The Morgan fingerprint density at radius 1 is 1.25 bits per heavy atom. The summed E-state index contributed by atoms with van der Waals surface area (Å²) in [4.78, 5) is 15.4. The summed E-state index contributed by atoms with van der Waals surface area (Å²) in [6, 6.07) is 13.0. The summed E-state index contributed by atoms with van der Waals surface area (Å²) in [7, 11) is 0. The number of nitrogens with zero attached hydrogens (tertiary/aromatic N) is 1. The molecule has 1 aromatic carbocycles. The summed E-state index contributed by atoms with van der Waals surface area (Å²) in [6.07, 6.45) is 4.60. The SMILES string of the molecule is O=C(Cc1ccccc1)Nc1cc[c]nc1. The molecule has 0 atom stereocenters. The number of nitrogens with one attached hydrogen (secondary N) is 1. The first-order valence-corrected chi connectivity index (χ1v) is 5.00. The highest BCUT2D eigenvalue weighted by Gasteiger charge is 2.02. The van der Waals surface area contributed by atoms with Crippen LogP contribution < -0.4 is 5.32 Å². The highest BCUT2D eigenvalue weighted by atomic mass is 16.1. The molecule has 0 spiro atoms.